The molecule has 0 saturated heterocycles. The first-order valence-corrected chi connectivity index (χ1v) is 10.6. The van der Waals surface area contributed by atoms with Gasteiger partial charge in [-0.05, 0) is 31.3 Å². The summed E-state index contributed by atoms with van der Waals surface area (Å²) >= 11 is 0. The molecule has 1 aromatic carbocycles. The maximum absolute atomic E-state index is 14.0. The molecule has 0 spiro atoms. The Labute approximate surface area is 194 Å². The molecule has 12 heteroatoms. The second kappa shape index (κ2) is 9.83. The number of hydrogen-bond acceptors (Lipinski definition) is 9. The van der Waals surface area contributed by atoms with Gasteiger partial charge in [-0.3, -0.25) is 0 Å². The molecule has 0 aliphatic rings. The molecule has 4 aromatic rings. The SMILES string of the molecule is CN(CCNc1nc(N)n2nc(-c3ccco3)nc2c1C=N)CCN(C)c1ccc(F)cc1F. The van der Waals surface area contributed by atoms with Crippen LogP contribution >= 0.6 is 0 Å². The van der Waals surface area contributed by atoms with E-state index in [1.54, 1.807) is 24.1 Å². The fraction of sp³-hybridized carbons (Fsp3) is 0.273. The summed E-state index contributed by atoms with van der Waals surface area (Å²) in [4.78, 5) is 12.6. The van der Waals surface area contributed by atoms with Crippen LogP contribution in [0, 0.1) is 17.0 Å². The van der Waals surface area contributed by atoms with Gasteiger partial charge in [-0.2, -0.15) is 9.50 Å². The van der Waals surface area contributed by atoms with Crippen molar-refractivity contribution in [2.24, 2.45) is 0 Å². The van der Waals surface area contributed by atoms with Gasteiger partial charge in [0.05, 0.1) is 17.5 Å². The monoisotopic (exact) mass is 469 g/mol. The van der Waals surface area contributed by atoms with Crippen molar-refractivity contribution < 1.29 is 13.2 Å². The summed E-state index contributed by atoms with van der Waals surface area (Å²) in [6.45, 7) is 2.37. The lowest BCUT2D eigenvalue weighted by molar-refractivity contribution is 0.354. The first-order chi connectivity index (χ1) is 16.4. The maximum Gasteiger partial charge on any atom is 0.225 e. The zero-order valence-electron chi connectivity index (χ0n) is 18.8. The van der Waals surface area contributed by atoms with E-state index in [0.29, 0.717) is 60.5 Å². The number of nitrogens with two attached hydrogens (primary N) is 1. The van der Waals surface area contributed by atoms with Crippen molar-refractivity contribution in [3.8, 4) is 11.6 Å². The highest BCUT2D eigenvalue weighted by atomic mass is 19.1. The van der Waals surface area contributed by atoms with Crippen LogP contribution in [-0.4, -0.2) is 71.0 Å². The van der Waals surface area contributed by atoms with Crippen LogP contribution in [0.2, 0.25) is 0 Å². The second-order valence-electron chi connectivity index (χ2n) is 7.77. The van der Waals surface area contributed by atoms with Crippen molar-refractivity contribution in [2.75, 3.05) is 56.2 Å². The molecular formula is C22H25F2N9O. The number of aromatic nitrogens is 4. The zero-order valence-corrected chi connectivity index (χ0v) is 18.8. The summed E-state index contributed by atoms with van der Waals surface area (Å²) in [7, 11) is 3.70. The predicted molar refractivity (Wildman–Crippen MR) is 126 cm³/mol. The first kappa shape index (κ1) is 23.1. The van der Waals surface area contributed by atoms with E-state index in [-0.39, 0.29) is 5.95 Å². The van der Waals surface area contributed by atoms with Gasteiger partial charge in [0.2, 0.25) is 11.8 Å². The van der Waals surface area contributed by atoms with Gasteiger partial charge in [-0.15, -0.1) is 5.10 Å². The molecule has 0 amide bonds. The number of fused-ring (bicyclic) bond motifs is 1. The van der Waals surface area contributed by atoms with Gasteiger partial charge in [0.1, 0.15) is 17.5 Å². The number of benzene rings is 1. The average Bonchev–Trinajstić information content (AvgIpc) is 3.48. The molecule has 0 radical (unpaired) electrons. The van der Waals surface area contributed by atoms with Gasteiger partial charge >= 0.3 is 0 Å². The summed E-state index contributed by atoms with van der Waals surface area (Å²) in [6.07, 6.45) is 2.68. The van der Waals surface area contributed by atoms with Gasteiger partial charge in [0.25, 0.3) is 0 Å². The van der Waals surface area contributed by atoms with E-state index < -0.39 is 11.6 Å². The van der Waals surface area contributed by atoms with Crippen LogP contribution in [0.1, 0.15) is 5.56 Å². The Morgan fingerprint density at radius 2 is 2.00 bits per heavy atom. The van der Waals surface area contributed by atoms with Crippen molar-refractivity contribution >= 4 is 29.3 Å². The maximum atomic E-state index is 14.0. The largest absolute Gasteiger partial charge is 0.461 e. The number of rotatable bonds is 10. The Morgan fingerprint density at radius 1 is 1.18 bits per heavy atom. The average molecular weight is 470 g/mol. The van der Waals surface area contributed by atoms with Crippen molar-refractivity contribution in [3.63, 3.8) is 0 Å². The molecular weight excluding hydrogens is 444 g/mol. The van der Waals surface area contributed by atoms with E-state index in [1.165, 1.54) is 22.9 Å². The number of anilines is 3. The Kier molecular flexibility index (Phi) is 6.68. The summed E-state index contributed by atoms with van der Waals surface area (Å²) < 4.78 is 33.8. The third kappa shape index (κ3) is 4.81. The van der Waals surface area contributed by atoms with Crippen LogP contribution in [0.4, 0.5) is 26.2 Å². The molecule has 0 aliphatic carbocycles. The normalized spacial score (nSPS) is 11.3. The van der Waals surface area contributed by atoms with E-state index in [0.717, 1.165) is 12.3 Å². The molecule has 4 rings (SSSR count). The van der Waals surface area contributed by atoms with Crippen LogP contribution in [0.15, 0.2) is 41.0 Å². The van der Waals surface area contributed by atoms with Crippen molar-refractivity contribution in [1.29, 1.82) is 5.41 Å². The molecule has 3 aromatic heterocycles. The number of nitrogens with zero attached hydrogens (tertiary/aromatic N) is 6. The van der Waals surface area contributed by atoms with Gasteiger partial charge in [-0.1, -0.05) is 0 Å². The number of halogens is 2. The molecule has 4 N–H and O–H groups in total. The van der Waals surface area contributed by atoms with Crippen LogP contribution in [0.5, 0.6) is 0 Å². The first-order valence-electron chi connectivity index (χ1n) is 10.6. The molecule has 0 bridgehead atoms. The Bertz CT molecular complexity index is 1290. The molecule has 0 fully saturated rings. The van der Waals surface area contributed by atoms with E-state index in [1.807, 2.05) is 7.05 Å². The van der Waals surface area contributed by atoms with Crippen molar-refractivity contribution in [2.45, 2.75) is 0 Å². The predicted octanol–water partition coefficient (Wildman–Crippen LogP) is 2.72. The fourth-order valence-corrected chi connectivity index (χ4v) is 3.46. The molecule has 0 unspecified atom stereocenters. The third-order valence-corrected chi connectivity index (χ3v) is 5.36. The number of furan rings is 1. The highest BCUT2D eigenvalue weighted by Crippen LogP contribution is 2.23. The lowest BCUT2D eigenvalue weighted by atomic mass is 10.2. The summed E-state index contributed by atoms with van der Waals surface area (Å²) in [5.41, 5.74) is 7.26. The standard InChI is InChI=1S/C22H25F2N9O/c1-31(9-10-32(2)17-6-5-14(23)12-16(17)24)8-7-27-19-15(13-25)21-28-20(18-4-3-11-34-18)30-33(21)22(26)29-19/h3-6,11-13,25,27H,7-10H2,1-2H3,(H2,26,29). The van der Waals surface area contributed by atoms with Crippen LogP contribution in [0.3, 0.4) is 0 Å². The highest BCUT2D eigenvalue weighted by molar-refractivity contribution is 5.93. The summed E-state index contributed by atoms with van der Waals surface area (Å²) in [5.74, 6) is 0.203. The fourth-order valence-electron chi connectivity index (χ4n) is 3.46. The Balaban J connectivity index is 1.38. The zero-order chi connectivity index (χ0) is 24.2. The number of hydrogen-bond donors (Lipinski definition) is 3. The molecule has 0 atom stereocenters. The van der Waals surface area contributed by atoms with E-state index >= 15 is 0 Å². The van der Waals surface area contributed by atoms with E-state index in [4.69, 9.17) is 15.6 Å². The van der Waals surface area contributed by atoms with E-state index in [2.05, 4.69) is 25.3 Å². The number of nitrogens with one attached hydrogen (secondary N) is 2. The summed E-state index contributed by atoms with van der Waals surface area (Å²) in [6, 6.07) is 7.02. The lowest BCUT2D eigenvalue weighted by Crippen LogP contribution is -2.34. The Hall–Kier alpha value is -4.06. The van der Waals surface area contributed by atoms with Gasteiger partial charge in [-0.25, -0.2) is 13.8 Å². The highest BCUT2D eigenvalue weighted by Gasteiger charge is 2.18. The van der Waals surface area contributed by atoms with E-state index in [9.17, 15) is 8.78 Å². The molecule has 0 aliphatic heterocycles. The second-order valence-corrected chi connectivity index (χ2v) is 7.77. The minimum Gasteiger partial charge on any atom is -0.461 e. The smallest absolute Gasteiger partial charge is 0.225 e. The molecule has 10 nitrogen and oxygen atoms in total. The van der Waals surface area contributed by atoms with Crippen molar-refractivity contribution in [1.82, 2.24) is 24.5 Å². The topological polar surface area (TPSA) is 125 Å². The number of likely N-dealkylation sites (N-methyl/N-ethyl adjacent to an activating group) is 2. The quantitative estimate of drug-likeness (QED) is 0.303. The van der Waals surface area contributed by atoms with Crippen LogP contribution in [-0.2, 0) is 0 Å². The van der Waals surface area contributed by atoms with Gasteiger partial charge in [0.15, 0.2) is 11.4 Å². The lowest BCUT2D eigenvalue weighted by Gasteiger charge is -2.24. The third-order valence-electron chi connectivity index (χ3n) is 5.36. The van der Waals surface area contributed by atoms with Crippen LogP contribution < -0.4 is 16.0 Å². The van der Waals surface area contributed by atoms with Gasteiger partial charge < -0.3 is 30.7 Å². The number of nitrogen functional groups attached to an aromatic ring is 1. The van der Waals surface area contributed by atoms with Crippen molar-refractivity contribution in [3.05, 3.63) is 53.8 Å². The van der Waals surface area contributed by atoms with Gasteiger partial charge in [0, 0.05) is 45.5 Å². The Morgan fingerprint density at radius 3 is 2.71 bits per heavy atom. The minimum absolute atomic E-state index is 0.129. The molecule has 178 valence electrons. The van der Waals surface area contributed by atoms with Crippen LogP contribution in [0.25, 0.3) is 17.2 Å². The molecule has 3 heterocycles. The summed E-state index contributed by atoms with van der Waals surface area (Å²) in [5, 5.41) is 15.4. The molecule has 0 saturated carbocycles. The molecule has 34 heavy (non-hydrogen) atoms. The minimum atomic E-state index is -0.599.